The van der Waals surface area contributed by atoms with Gasteiger partial charge in [-0.2, -0.15) is 4.98 Å². The molecular weight excluding hydrogens is 266 g/mol. The van der Waals surface area contributed by atoms with E-state index in [1.807, 2.05) is 0 Å². The zero-order valence-corrected chi connectivity index (χ0v) is 10.0. The first-order valence-corrected chi connectivity index (χ1v) is 5.46. The van der Waals surface area contributed by atoms with Crippen molar-refractivity contribution in [2.75, 3.05) is 0 Å². The molecule has 0 atom stereocenters. The molecule has 0 N–H and O–H groups in total. The lowest BCUT2D eigenvalue weighted by Gasteiger charge is -2.06. The summed E-state index contributed by atoms with van der Waals surface area (Å²) in [5, 5.41) is 0.426. The van der Waals surface area contributed by atoms with Gasteiger partial charge in [-0.05, 0) is 23.7 Å². The predicted molar refractivity (Wildman–Crippen MR) is 62.8 cm³/mol. The van der Waals surface area contributed by atoms with Gasteiger partial charge in [-0.15, -0.1) is 0 Å². The van der Waals surface area contributed by atoms with Gasteiger partial charge < -0.3 is 4.74 Å². The van der Waals surface area contributed by atoms with E-state index in [0.717, 1.165) is 0 Å². The third-order valence-electron chi connectivity index (χ3n) is 1.99. The van der Waals surface area contributed by atoms with Gasteiger partial charge >= 0.3 is 0 Å². The van der Waals surface area contributed by atoms with Crippen molar-refractivity contribution in [3.05, 3.63) is 52.1 Å². The summed E-state index contributed by atoms with van der Waals surface area (Å²) in [6.07, 6.45) is 1.46. The van der Waals surface area contributed by atoms with Crippen molar-refractivity contribution in [2.45, 2.75) is 6.61 Å². The van der Waals surface area contributed by atoms with Crippen LogP contribution in [0.3, 0.4) is 0 Å². The lowest BCUT2D eigenvalue weighted by Crippen LogP contribution is -2.00. The number of ether oxygens (including phenoxy) is 1. The third kappa shape index (κ3) is 3.28. The van der Waals surface area contributed by atoms with Gasteiger partial charge in [0.1, 0.15) is 12.4 Å². The van der Waals surface area contributed by atoms with E-state index in [1.165, 1.54) is 12.3 Å². The Morgan fingerprint density at radius 3 is 2.76 bits per heavy atom. The van der Waals surface area contributed by atoms with Crippen LogP contribution in [0.2, 0.25) is 10.3 Å². The number of aromatic nitrogens is 2. The zero-order chi connectivity index (χ0) is 12.3. The number of nitrogens with zero attached hydrogens (tertiary/aromatic N) is 2. The van der Waals surface area contributed by atoms with E-state index in [1.54, 1.807) is 18.2 Å². The zero-order valence-electron chi connectivity index (χ0n) is 8.53. The van der Waals surface area contributed by atoms with Crippen molar-refractivity contribution in [1.29, 1.82) is 0 Å². The molecule has 0 bridgehead atoms. The normalized spacial score (nSPS) is 10.3. The van der Waals surface area contributed by atoms with Gasteiger partial charge in [0.05, 0.1) is 0 Å². The molecule has 6 heteroatoms. The lowest BCUT2D eigenvalue weighted by molar-refractivity contribution is 0.287. The van der Waals surface area contributed by atoms with Crippen LogP contribution in [0.25, 0.3) is 0 Å². The number of benzene rings is 1. The number of hydrogen-bond donors (Lipinski definition) is 0. The molecule has 2 rings (SSSR count). The molecular formula is C11H7Cl2FN2O. The molecule has 0 saturated heterocycles. The molecule has 88 valence electrons. The molecule has 1 aromatic carbocycles. The van der Waals surface area contributed by atoms with E-state index >= 15 is 0 Å². The second-order valence-corrected chi connectivity index (χ2v) is 3.96. The van der Waals surface area contributed by atoms with Crippen molar-refractivity contribution >= 4 is 23.2 Å². The predicted octanol–water partition coefficient (Wildman–Crippen LogP) is 3.50. The van der Waals surface area contributed by atoms with E-state index in [0.29, 0.717) is 16.5 Å². The van der Waals surface area contributed by atoms with Crippen LogP contribution in [0.15, 0.2) is 30.5 Å². The van der Waals surface area contributed by atoms with Gasteiger partial charge in [-0.25, -0.2) is 9.37 Å². The molecule has 0 radical (unpaired) electrons. The molecule has 17 heavy (non-hydrogen) atoms. The van der Waals surface area contributed by atoms with Crippen LogP contribution in [0.5, 0.6) is 5.88 Å². The molecule has 3 nitrogen and oxygen atoms in total. The van der Waals surface area contributed by atoms with Crippen LogP contribution < -0.4 is 4.74 Å². The summed E-state index contributed by atoms with van der Waals surface area (Å²) >= 11 is 11.2. The fourth-order valence-electron chi connectivity index (χ4n) is 1.19. The van der Waals surface area contributed by atoms with Gasteiger partial charge in [-0.3, -0.25) is 0 Å². The fourth-order valence-corrected chi connectivity index (χ4v) is 1.49. The molecule has 0 aliphatic carbocycles. The average molecular weight is 273 g/mol. The van der Waals surface area contributed by atoms with Crippen LogP contribution in [0.1, 0.15) is 5.56 Å². The van der Waals surface area contributed by atoms with E-state index in [-0.39, 0.29) is 11.9 Å². The van der Waals surface area contributed by atoms with Gasteiger partial charge in [0.15, 0.2) is 0 Å². The SMILES string of the molecule is Fc1cc(Cl)ccc1COc1ccnc(Cl)n1. The maximum atomic E-state index is 13.4. The second kappa shape index (κ2) is 5.29. The molecule has 0 saturated carbocycles. The van der Waals surface area contributed by atoms with Crippen LogP contribution >= 0.6 is 23.2 Å². The summed E-state index contributed by atoms with van der Waals surface area (Å²) < 4.78 is 18.7. The van der Waals surface area contributed by atoms with Crippen molar-refractivity contribution in [1.82, 2.24) is 9.97 Å². The van der Waals surface area contributed by atoms with E-state index in [2.05, 4.69) is 9.97 Å². The summed E-state index contributed by atoms with van der Waals surface area (Å²) in [4.78, 5) is 7.53. The van der Waals surface area contributed by atoms with Crippen molar-refractivity contribution in [3.63, 3.8) is 0 Å². The Balaban J connectivity index is 2.07. The Morgan fingerprint density at radius 1 is 1.24 bits per heavy atom. The maximum Gasteiger partial charge on any atom is 0.225 e. The summed E-state index contributed by atoms with van der Waals surface area (Å²) in [6, 6.07) is 5.92. The number of hydrogen-bond acceptors (Lipinski definition) is 3. The Bertz CT molecular complexity index is 537. The Labute approximate surface area is 107 Å². The molecule has 1 aromatic heterocycles. The Hall–Kier alpha value is -1.39. The smallest absolute Gasteiger partial charge is 0.225 e. The highest BCUT2D eigenvalue weighted by Gasteiger charge is 2.04. The third-order valence-corrected chi connectivity index (χ3v) is 2.41. The molecule has 0 unspecified atom stereocenters. The van der Waals surface area contributed by atoms with Crippen molar-refractivity contribution in [2.24, 2.45) is 0 Å². The Kier molecular flexibility index (Phi) is 3.76. The largest absolute Gasteiger partial charge is 0.473 e. The summed E-state index contributed by atoms with van der Waals surface area (Å²) in [7, 11) is 0. The summed E-state index contributed by atoms with van der Waals surface area (Å²) in [6.45, 7) is 0.0519. The highest BCUT2D eigenvalue weighted by Crippen LogP contribution is 2.17. The van der Waals surface area contributed by atoms with Gasteiger partial charge in [-0.1, -0.05) is 17.7 Å². The minimum absolute atomic E-state index is 0.0519. The molecule has 0 spiro atoms. The summed E-state index contributed by atoms with van der Waals surface area (Å²) in [5.74, 6) is -0.128. The molecule has 2 aromatic rings. The second-order valence-electron chi connectivity index (χ2n) is 3.19. The number of halogens is 3. The molecule has 0 fully saturated rings. The fraction of sp³-hybridized carbons (Fsp3) is 0.0909. The monoisotopic (exact) mass is 272 g/mol. The van der Waals surface area contributed by atoms with Crippen LogP contribution in [-0.2, 0) is 6.61 Å². The standard InChI is InChI=1S/C11H7Cl2FN2O/c12-8-2-1-7(9(14)5-8)6-17-10-3-4-15-11(13)16-10/h1-5H,6H2. The van der Waals surface area contributed by atoms with Crippen LogP contribution in [0, 0.1) is 5.82 Å². The first kappa shape index (κ1) is 12.1. The lowest BCUT2D eigenvalue weighted by atomic mass is 10.2. The maximum absolute atomic E-state index is 13.4. The highest BCUT2D eigenvalue weighted by atomic mass is 35.5. The Morgan fingerprint density at radius 2 is 2.06 bits per heavy atom. The minimum atomic E-state index is -0.419. The molecule has 1 heterocycles. The first-order valence-electron chi connectivity index (χ1n) is 4.70. The molecule has 0 aliphatic heterocycles. The van der Waals surface area contributed by atoms with Crippen LogP contribution in [0.4, 0.5) is 4.39 Å². The van der Waals surface area contributed by atoms with E-state index in [4.69, 9.17) is 27.9 Å². The van der Waals surface area contributed by atoms with Gasteiger partial charge in [0.25, 0.3) is 0 Å². The van der Waals surface area contributed by atoms with Gasteiger partial charge in [0, 0.05) is 22.8 Å². The first-order chi connectivity index (χ1) is 8.15. The highest BCUT2D eigenvalue weighted by molar-refractivity contribution is 6.30. The van der Waals surface area contributed by atoms with Crippen LogP contribution in [-0.4, -0.2) is 9.97 Å². The van der Waals surface area contributed by atoms with E-state index in [9.17, 15) is 4.39 Å². The minimum Gasteiger partial charge on any atom is -0.473 e. The molecule has 0 amide bonds. The quantitative estimate of drug-likeness (QED) is 0.803. The molecule has 0 aliphatic rings. The topological polar surface area (TPSA) is 35.0 Å². The van der Waals surface area contributed by atoms with Gasteiger partial charge in [0.2, 0.25) is 11.2 Å². The average Bonchev–Trinajstić information content (AvgIpc) is 2.28. The van der Waals surface area contributed by atoms with Crippen molar-refractivity contribution < 1.29 is 9.13 Å². The number of rotatable bonds is 3. The summed E-state index contributed by atoms with van der Waals surface area (Å²) in [5.41, 5.74) is 0.393. The van der Waals surface area contributed by atoms with Crippen molar-refractivity contribution in [3.8, 4) is 5.88 Å². The van der Waals surface area contributed by atoms with E-state index < -0.39 is 5.82 Å².